The fraction of sp³-hybridized carbons (Fsp3) is 1.00. The monoisotopic (exact) mass is 320 g/mol. The number of rotatable bonds is 2. The van der Waals surface area contributed by atoms with Gasteiger partial charge >= 0.3 is 0 Å². The maximum atomic E-state index is 6.94. The van der Waals surface area contributed by atoms with Gasteiger partial charge in [0.1, 0.15) is 0 Å². The van der Waals surface area contributed by atoms with Crippen LogP contribution in [0, 0.1) is 23.7 Å². The lowest BCUT2D eigenvalue weighted by atomic mass is 9.60. The molecule has 1 saturated heterocycles. The Morgan fingerprint density at radius 1 is 0.913 bits per heavy atom. The molecule has 3 heteroatoms. The number of ether oxygens (including phenoxy) is 1. The molecule has 0 aromatic heterocycles. The first-order valence-corrected chi connectivity index (χ1v) is 10.3. The molecular formula is C20H36N2O. The van der Waals surface area contributed by atoms with Crippen molar-refractivity contribution in [2.24, 2.45) is 35.1 Å². The van der Waals surface area contributed by atoms with Crippen LogP contribution in [0.25, 0.3) is 0 Å². The van der Waals surface area contributed by atoms with Crippen molar-refractivity contribution in [3.8, 4) is 0 Å². The largest absolute Gasteiger partial charge is 0.374 e. The van der Waals surface area contributed by atoms with E-state index >= 15 is 0 Å². The molecule has 132 valence electrons. The third-order valence-electron chi connectivity index (χ3n) is 7.83. The SMILES string of the molecule is CC1(N)CCCCC1C(N)C1CCCC2OC3CCCCC3C21. The topological polar surface area (TPSA) is 61.3 Å². The first-order chi connectivity index (χ1) is 11.1. The van der Waals surface area contributed by atoms with Crippen LogP contribution in [0.3, 0.4) is 0 Å². The van der Waals surface area contributed by atoms with Crippen molar-refractivity contribution >= 4 is 0 Å². The van der Waals surface area contributed by atoms with Gasteiger partial charge in [0.2, 0.25) is 0 Å². The summed E-state index contributed by atoms with van der Waals surface area (Å²) < 4.78 is 6.50. The zero-order valence-corrected chi connectivity index (χ0v) is 14.9. The molecule has 0 aromatic rings. The average Bonchev–Trinajstić information content (AvgIpc) is 2.92. The van der Waals surface area contributed by atoms with Crippen LogP contribution >= 0.6 is 0 Å². The number of hydrogen-bond donors (Lipinski definition) is 2. The second kappa shape index (κ2) is 6.31. The molecule has 8 unspecified atom stereocenters. The van der Waals surface area contributed by atoms with Crippen molar-refractivity contribution in [2.75, 3.05) is 0 Å². The third kappa shape index (κ3) is 2.87. The Bertz CT molecular complexity index is 424. The second-order valence-corrected chi connectivity index (χ2v) is 9.27. The molecule has 1 heterocycles. The summed E-state index contributed by atoms with van der Waals surface area (Å²) in [5.74, 6) is 2.66. The lowest BCUT2D eigenvalue weighted by molar-refractivity contribution is -0.00905. The van der Waals surface area contributed by atoms with E-state index < -0.39 is 0 Å². The van der Waals surface area contributed by atoms with Crippen LogP contribution in [0.1, 0.15) is 77.6 Å². The Morgan fingerprint density at radius 2 is 1.65 bits per heavy atom. The van der Waals surface area contributed by atoms with E-state index in [9.17, 15) is 0 Å². The molecule has 3 saturated carbocycles. The maximum Gasteiger partial charge on any atom is 0.0614 e. The highest BCUT2D eigenvalue weighted by atomic mass is 16.5. The van der Waals surface area contributed by atoms with E-state index in [4.69, 9.17) is 16.2 Å². The van der Waals surface area contributed by atoms with E-state index in [-0.39, 0.29) is 11.6 Å². The van der Waals surface area contributed by atoms with Crippen LogP contribution in [0.5, 0.6) is 0 Å². The predicted octanol–water partition coefficient (Wildman–Crippen LogP) is 3.60. The summed E-state index contributed by atoms with van der Waals surface area (Å²) >= 11 is 0. The molecule has 4 aliphatic rings. The van der Waals surface area contributed by atoms with Gasteiger partial charge in [-0.1, -0.05) is 32.1 Å². The van der Waals surface area contributed by atoms with Crippen LogP contribution in [0.2, 0.25) is 0 Å². The van der Waals surface area contributed by atoms with Crippen molar-refractivity contribution in [1.29, 1.82) is 0 Å². The summed E-state index contributed by atoms with van der Waals surface area (Å²) in [6, 6.07) is 0.280. The van der Waals surface area contributed by atoms with Gasteiger partial charge in [-0.3, -0.25) is 0 Å². The van der Waals surface area contributed by atoms with Crippen molar-refractivity contribution in [1.82, 2.24) is 0 Å². The minimum atomic E-state index is -0.0595. The van der Waals surface area contributed by atoms with Gasteiger partial charge in [0.25, 0.3) is 0 Å². The summed E-state index contributed by atoms with van der Waals surface area (Å²) in [7, 11) is 0. The van der Waals surface area contributed by atoms with E-state index in [1.165, 1.54) is 64.2 Å². The molecule has 23 heavy (non-hydrogen) atoms. The fourth-order valence-corrected chi connectivity index (χ4v) is 6.69. The van der Waals surface area contributed by atoms with Crippen LogP contribution in [0.15, 0.2) is 0 Å². The van der Waals surface area contributed by atoms with Crippen molar-refractivity contribution in [2.45, 2.75) is 101 Å². The Hall–Kier alpha value is -0.120. The first-order valence-electron chi connectivity index (χ1n) is 10.3. The highest BCUT2D eigenvalue weighted by molar-refractivity contribution is 5.04. The number of hydrogen-bond acceptors (Lipinski definition) is 3. The van der Waals surface area contributed by atoms with Crippen LogP contribution in [-0.2, 0) is 4.74 Å². The molecule has 0 spiro atoms. The van der Waals surface area contributed by atoms with Gasteiger partial charge < -0.3 is 16.2 Å². The molecule has 0 aromatic carbocycles. The summed E-state index contributed by atoms with van der Waals surface area (Å²) in [5.41, 5.74) is 13.6. The van der Waals surface area contributed by atoms with Crippen molar-refractivity contribution in [3.63, 3.8) is 0 Å². The molecule has 0 bridgehead atoms. The molecule has 0 radical (unpaired) electrons. The standard InChI is InChI=1S/C20H36N2O/c1-20(22)12-5-4-9-15(20)19(21)14-8-6-11-17-18(14)13-7-2-3-10-16(13)23-17/h13-19H,2-12,21-22H2,1H3. The van der Waals surface area contributed by atoms with E-state index in [1.54, 1.807) is 0 Å². The fourth-order valence-electron chi connectivity index (χ4n) is 6.69. The minimum Gasteiger partial charge on any atom is -0.374 e. The Kier molecular flexibility index (Phi) is 4.49. The Balaban J connectivity index is 1.54. The van der Waals surface area contributed by atoms with Gasteiger partial charge in [-0.15, -0.1) is 0 Å². The van der Waals surface area contributed by atoms with E-state index in [2.05, 4.69) is 6.92 Å². The third-order valence-corrected chi connectivity index (χ3v) is 7.83. The summed E-state index contributed by atoms with van der Waals surface area (Å²) in [6.07, 6.45) is 15.3. The minimum absolute atomic E-state index is 0.0595. The predicted molar refractivity (Wildman–Crippen MR) is 94.0 cm³/mol. The summed E-state index contributed by atoms with van der Waals surface area (Å²) in [4.78, 5) is 0. The van der Waals surface area contributed by atoms with Crippen LogP contribution in [-0.4, -0.2) is 23.8 Å². The van der Waals surface area contributed by atoms with Crippen molar-refractivity contribution in [3.05, 3.63) is 0 Å². The van der Waals surface area contributed by atoms with Crippen LogP contribution < -0.4 is 11.5 Å². The molecule has 4 rings (SSSR count). The molecular weight excluding hydrogens is 284 g/mol. The van der Waals surface area contributed by atoms with Crippen molar-refractivity contribution < 1.29 is 4.74 Å². The van der Waals surface area contributed by atoms with Gasteiger partial charge in [-0.2, -0.15) is 0 Å². The molecule has 3 nitrogen and oxygen atoms in total. The summed E-state index contributed by atoms with van der Waals surface area (Å²) in [6.45, 7) is 2.26. The normalized spacial score (nSPS) is 51.8. The first kappa shape index (κ1) is 16.4. The molecule has 3 aliphatic carbocycles. The number of nitrogens with two attached hydrogens (primary N) is 2. The van der Waals surface area contributed by atoms with Crippen LogP contribution in [0.4, 0.5) is 0 Å². The summed E-state index contributed by atoms with van der Waals surface area (Å²) in [5, 5.41) is 0. The quantitative estimate of drug-likeness (QED) is 0.817. The van der Waals surface area contributed by atoms with Gasteiger partial charge in [-0.25, -0.2) is 0 Å². The number of fused-ring (bicyclic) bond motifs is 3. The second-order valence-electron chi connectivity index (χ2n) is 9.27. The highest BCUT2D eigenvalue weighted by Gasteiger charge is 2.52. The van der Waals surface area contributed by atoms with Gasteiger partial charge in [0.15, 0.2) is 0 Å². The smallest absolute Gasteiger partial charge is 0.0614 e. The maximum absolute atomic E-state index is 6.94. The lowest BCUT2D eigenvalue weighted by Crippen LogP contribution is -2.58. The van der Waals surface area contributed by atoms with Gasteiger partial charge in [0.05, 0.1) is 12.2 Å². The van der Waals surface area contributed by atoms with E-state index in [0.29, 0.717) is 24.0 Å². The van der Waals surface area contributed by atoms with Gasteiger partial charge in [-0.05, 0) is 69.1 Å². The lowest BCUT2D eigenvalue weighted by Gasteiger charge is -2.48. The highest BCUT2D eigenvalue weighted by Crippen LogP contribution is 2.52. The zero-order chi connectivity index (χ0) is 16.0. The molecule has 8 atom stereocenters. The molecule has 4 fully saturated rings. The van der Waals surface area contributed by atoms with Gasteiger partial charge in [0, 0.05) is 11.6 Å². The molecule has 1 aliphatic heterocycles. The zero-order valence-electron chi connectivity index (χ0n) is 14.9. The molecule has 0 amide bonds. The van der Waals surface area contributed by atoms with E-state index in [0.717, 1.165) is 18.3 Å². The Morgan fingerprint density at radius 3 is 2.48 bits per heavy atom. The van der Waals surface area contributed by atoms with E-state index in [1.807, 2.05) is 0 Å². The Labute approximate surface area is 141 Å². The average molecular weight is 321 g/mol. The molecule has 4 N–H and O–H groups in total.